The summed E-state index contributed by atoms with van der Waals surface area (Å²) in [5, 5.41) is 4.25. The molecule has 3 aromatic rings. The highest BCUT2D eigenvalue weighted by Gasteiger charge is 2.14. The van der Waals surface area contributed by atoms with Crippen LogP contribution in [-0.2, 0) is 6.54 Å². The Morgan fingerprint density at radius 2 is 1.43 bits per heavy atom. The van der Waals surface area contributed by atoms with Crippen LogP contribution in [0.4, 0.5) is 10.1 Å². The van der Waals surface area contributed by atoms with Gasteiger partial charge in [-0.25, -0.2) is 4.39 Å². The van der Waals surface area contributed by atoms with Crippen molar-refractivity contribution in [3.8, 4) is 0 Å². The topological polar surface area (TPSA) is 15.3 Å². The minimum absolute atomic E-state index is 0.196. The van der Waals surface area contributed by atoms with E-state index in [9.17, 15) is 4.39 Å². The van der Waals surface area contributed by atoms with Gasteiger partial charge in [0.05, 0.1) is 0 Å². The lowest BCUT2D eigenvalue weighted by Gasteiger charge is -2.19. The Bertz CT molecular complexity index is 813. The van der Waals surface area contributed by atoms with Gasteiger partial charge >= 0.3 is 0 Å². The molecule has 0 amide bonds. The Labute approximate surface area is 172 Å². The van der Waals surface area contributed by atoms with Gasteiger partial charge in [0.15, 0.2) is 0 Å². The number of hydrogen-bond donors (Lipinski definition) is 1. The largest absolute Gasteiger partial charge is 0.378 e. The minimum Gasteiger partial charge on any atom is -0.378 e. The molecule has 0 unspecified atom stereocenters. The van der Waals surface area contributed by atoms with Crippen molar-refractivity contribution in [3.05, 3.63) is 100 Å². The maximum absolute atomic E-state index is 13.3. The number of nitrogens with one attached hydrogen (secondary N) is 1. The van der Waals surface area contributed by atoms with Crippen LogP contribution in [-0.4, -0.2) is 20.6 Å². The Hall–Kier alpha value is -2.36. The van der Waals surface area contributed by atoms with Gasteiger partial charge in [0, 0.05) is 37.3 Å². The molecule has 4 heteroatoms. The molecule has 3 rings (SSSR count). The highest BCUT2D eigenvalue weighted by molar-refractivity contribution is 6.30. The van der Waals surface area contributed by atoms with E-state index < -0.39 is 0 Å². The van der Waals surface area contributed by atoms with Gasteiger partial charge in [0.25, 0.3) is 0 Å². The summed E-state index contributed by atoms with van der Waals surface area (Å²) in [5.74, 6) is -0.0145. The summed E-state index contributed by atoms with van der Waals surface area (Å²) >= 11 is 6.04. The van der Waals surface area contributed by atoms with Crippen LogP contribution in [0.3, 0.4) is 0 Å². The van der Waals surface area contributed by atoms with Gasteiger partial charge in [-0.3, -0.25) is 0 Å². The molecule has 0 aliphatic heterocycles. The van der Waals surface area contributed by atoms with Gasteiger partial charge in [-0.05, 0) is 66.1 Å². The summed E-state index contributed by atoms with van der Waals surface area (Å²) in [4.78, 5) is 2.09. The van der Waals surface area contributed by atoms with Gasteiger partial charge in [-0.1, -0.05) is 48.0 Å². The van der Waals surface area contributed by atoms with Gasteiger partial charge < -0.3 is 10.2 Å². The Balaban J connectivity index is 1.63. The first-order chi connectivity index (χ1) is 13.5. The van der Waals surface area contributed by atoms with E-state index in [2.05, 4.69) is 46.6 Å². The van der Waals surface area contributed by atoms with E-state index >= 15 is 0 Å². The predicted octanol–water partition coefficient (Wildman–Crippen LogP) is 5.86. The Kier molecular flexibility index (Phi) is 7.07. The van der Waals surface area contributed by atoms with Crippen LogP contribution in [0.15, 0.2) is 72.8 Å². The quantitative estimate of drug-likeness (QED) is 0.480. The summed E-state index contributed by atoms with van der Waals surface area (Å²) in [6.07, 6.45) is 0.920. The van der Waals surface area contributed by atoms with E-state index in [0.717, 1.165) is 30.1 Å². The van der Waals surface area contributed by atoms with Gasteiger partial charge in [0.2, 0.25) is 0 Å². The van der Waals surface area contributed by atoms with Crippen LogP contribution in [0.2, 0.25) is 5.02 Å². The van der Waals surface area contributed by atoms with Crippen molar-refractivity contribution in [1.82, 2.24) is 5.32 Å². The fourth-order valence-corrected chi connectivity index (χ4v) is 3.43. The van der Waals surface area contributed by atoms with Crippen LogP contribution in [0.25, 0.3) is 0 Å². The summed E-state index contributed by atoms with van der Waals surface area (Å²) in [6.45, 7) is 1.69. The zero-order chi connectivity index (χ0) is 19.9. The molecule has 0 saturated carbocycles. The van der Waals surface area contributed by atoms with Crippen LogP contribution < -0.4 is 10.2 Å². The van der Waals surface area contributed by atoms with Gasteiger partial charge in [-0.15, -0.1) is 0 Å². The molecule has 0 aromatic heterocycles. The Morgan fingerprint density at radius 1 is 0.857 bits per heavy atom. The lowest BCUT2D eigenvalue weighted by atomic mass is 9.88. The van der Waals surface area contributed by atoms with E-state index in [1.807, 2.05) is 38.4 Å². The van der Waals surface area contributed by atoms with E-state index in [0.29, 0.717) is 0 Å². The molecular weight excluding hydrogens is 371 g/mol. The van der Waals surface area contributed by atoms with Crippen molar-refractivity contribution in [3.63, 3.8) is 0 Å². The maximum atomic E-state index is 13.3. The molecule has 1 N–H and O–H groups in total. The van der Waals surface area contributed by atoms with E-state index in [1.54, 1.807) is 0 Å². The monoisotopic (exact) mass is 396 g/mol. The van der Waals surface area contributed by atoms with Crippen molar-refractivity contribution in [2.24, 2.45) is 0 Å². The second kappa shape index (κ2) is 9.72. The number of hydrogen-bond acceptors (Lipinski definition) is 2. The molecule has 2 nitrogen and oxygen atoms in total. The fourth-order valence-electron chi connectivity index (χ4n) is 3.31. The first kappa shape index (κ1) is 20.4. The third-order valence-electron chi connectivity index (χ3n) is 4.94. The molecule has 28 heavy (non-hydrogen) atoms. The standard InChI is InChI=1S/C24H26ClFN2/c1-28(2)23-13-3-18(4-14-23)17-27-16-15-24(19-5-9-21(25)10-6-19)20-7-11-22(26)12-8-20/h3-14,24,27H,15-17H2,1-2H3/t24-/m0/s1. The Morgan fingerprint density at radius 3 is 2.00 bits per heavy atom. The third kappa shape index (κ3) is 5.57. The summed E-state index contributed by atoms with van der Waals surface area (Å²) < 4.78 is 13.3. The van der Waals surface area contributed by atoms with Crippen molar-refractivity contribution in [2.75, 3.05) is 25.5 Å². The van der Waals surface area contributed by atoms with E-state index in [1.165, 1.54) is 28.9 Å². The SMILES string of the molecule is CN(C)c1ccc(CNCC[C@H](c2ccc(F)cc2)c2ccc(Cl)cc2)cc1. The number of halogens is 2. The van der Waals surface area contributed by atoms with Crippen molar-refractivity contribution < 1.29 is 4.39 Å². The highest BCUT2D eigenvalue weighted by atomic mass is 35.5. The van der Waals surface area contributed by atoms with E-state index in [-0.39, 0.29) is 11.7 Å². The lowest BCUT2D eigenvalue weighted by Crippen LogP contribution is -2.18. The maximum Gasteiger partial charge on any atom is 0.123 e. The molecule has 0 aliphatic rings. The van der Waals surface area contributed by atoms with E-state index in [4.69, 9.17) is 11.6 Å². The number of nitrogens with zero attached hydrogens (tertiary/aromatic N) is 1. The van der Waals surface area contributed by atoms with Crippen molar-refractivity contribution in [2.45, 2.75) is 18.9 Å². The molecule has 0 aliphatic carbocycles. The normalized spacial score (nSPS) is 12.0. The first-order valence-electron chi connectivity index (χ1n) is 9.51. The smallest absolute Gasteiger partial charge is 0.123 e. The third-order valence-corrected chi connectivity index (χ3v) is 5.19. The molecule has 3 aromatic carbocycles. The number of benzene rings is 3. The van der Waals surface area contributed by atoms with Crippen LogP contribution in [0, 0.1) is 5.82 Å². The average Bonchev–Trinajstić information content (AvgIpc) is 2.70. The van der Waals surface area contributed by atoms with Crippen LogP contribution >= 0.6 is 11.6 Å². The van der Waals surface area contributed by atoms with Crippen LogP contribution in [0.5, 0.6) is 0 Å². The second-order valence-electron chi connectivity index (χ2n) is 7.18. The van der Waals surface area contributed by atoms with Gasteiger partial charge in [0.1, 0.15) is 5.82 Å². The average molecular weight is 397 g/mol. The molecular formula is C24H26ClFN2. The molecule has 0 fully saturated rings. The fraction of sp³-hybridized carbons (Fsp3) is 0.250. The zero-order valence-corrected chi connectivity index (χ0v) is 17.1. The summed E-state index contributed by atoms with van der Waals surface area (Å²) in [5.41, 5.74) is 4.76. The number of rotatable bonds is 8. The van der Waals surface area contributed by atoms with Gasteiger partial charge in [-0.2, -0.15) is 0 Å². The second-order valence-corrected chi connectivity index (χ2v) is 7.62. The summed E-state index contributed by atoms with van der Waals surface area (Å²) in [7, 11) is 4.08. The molecule has 0 heterocycles. The molecule has 0 saturated heterocycles. The molecule has 146 valence electrons. The molecule has 0 spiro atoms. The molecule has 0 bridgehead atoms. The molecule has 0 radical (unpaired) electrons. The zero-order valence-electron chi connectivity index (χ0n) is 16.3. The predicted molar refractivity (Wildman–Crippen MR) is 117 cm³/mol. The summed E-state index contributed by atoms with van der Waals surface area (Å²) in [6, 6.07) is 23.3. The minimum atomic E-state index is -0.210. The molecule has 1 atom stereocenters. The van der Waals surface area contributed by atoms with Crippen LogP contribution in [0.1, 0.15) is 29.0 Å². The highest BCUT2D eigenvalue weighted by Crippen LogP contribution is 2.29. The number of anilines is 1. The first-order valence-corrected chi connectivity index (χ1v) is 9.88. The van der Waals surface area contributed by atoms with Crippen molar-refractivity contribution in [1.29, 1.82) is 0 Å². The van der Waals surface area contributed by atoms with Crippen molar-refractivity contribution >= 4 is 17.3 Å². The lowest BCUT2D eigenvalue weighted by molar-refractivity contribution is 0.606.